The first-order valence-electron chi connectivity index (χ1n) is 5.30. The van der Waals surface area contributed by atoms with Gasteiger partial charge in [-0.05, 0) is 31.1 Å². The zero-order valence-corrected chi connectivity index (χ0v) is 10.1. The molecule has 3 nitrogen and oxygen atoms in total. The Morgan fingerprint density at radius 2 is 2.07 bits per heavy atom. The summed E-state index contributed by atoms with van der Waals surface area (Å²) in [5, 5.41) is 16.2. The van der Waals surface area contributed by atoms with Crippen molar-refractivity contribution in [2.45, 2.75) is 40.5 Å². The summed E-state index contributed by atoms with van der Waals surface area (Å²) in [5.41, 5.74) is 1.80. The third-order valence-electron chi connectivity index (χ3n) is 3.22. The van der Waals surface area contributed by atoms with Crippen LogP contribution in [0.3, 0.4) is 0 Å². The van der Waals surface area contributed by atoms with Gasteiger partial charge in [0, 0.05) is 13.5 Å². The number of rotatable bonds is 2. The number of hydrogen-bond acceptors (Lipinski definition) is 2. The number of aliphatic hydroxyl groups is 1. The SMILES string of the molecule is CC(=O)O.CC1=CCC(CCO)C1(C)C. The topological polar surface area (TPSA) is 57.5 Å². The van der Waals surface area contributed by atoms with E-state index in [9.17, 15) is 0 Å². The van der Waals surface area contributed by atoms with E-state index < -0.39 is 5.97 Å². The van der Waals surface area contributed by atoms with Gasteiger partial charge in [0.1, 0.15) is 0 Å². The molecule has 1 atom stereocenters. The Kier molecular flexibility index (Phi) is 5.58. The van der Waals surface area contributed by atoms with E-state index in [4.69, 9.17) is 15.0 Å². The number of hydrogen-bond donors (Lipinski definition) is 2. The molecule has 1 rings (SSSR count). The van der Waals surface area contributed by atoms with Crippen LogP contribution in [-0.4, -0.2) is 22.8 Å². The first-order valence-corrected chi connectivity index (χ1v) is 5.30. The van der Waals surface area contributed by atoms with Crippen LogP contribution >= 0.6 is 0 Å². The van der Waals surface area contributed by atoms with Crippen molar-refractivity contribution in [3.05, 3.63) is 11.6 Å². The predicted octanol–water partition coefficient (Wildman–Crippen LogP) is 2.45. The van der Waals surface area contributed by atoms with Gasteiger partial charge in [-0.2, -0.15) is 0 Å². The minimum absolute atomic E-state index is 0.322. The lowest BCUT2D eigenvalue weighted by Gasteiger charge is -2.29. The highest BCUT2D eigenvalue weighted by Gasteiger charge is 2.33. The fourth-order valence-corrected chi connectivity index (χ4v) is 1.83. The van der Waals surface area contributed by atoms with Gasteiger partial charge in [-0.1, -0.05) is 25.5 Å². The maximum absolute atomic E-state index is 9.00. The molecule has 0 heterocycles. The highest BCUT2D eigenvalue weighted by Crippen LogP contribution is 2.44. The van der Waals surface area contributed by atoms with Gasteiger partial charge in [-0.25, -0.2) is 0 Å². The number of aliphatic hydroxyl groups excluding tert-OH is 1. The molecule has 1 aliphatic rings. The fourth-order valence-electron chi connectivity index (χ4n) is 1.83. The van der Waals surface area contributed by atoms with Gasteiger partial charge in [0.2, 0.25) is 0 Å². The summed E-state index contributed by atoms with van der Waals surface area (Å²) in [6, 6.07) is 0. The molecule has 0 aromatic rings. The van der Waals surface area contributed by atoms with Crippen molar-refractivity contribution in [2.24, 2.45) is 11.3 Å². The molecule has 0 aromatic carbocycles. The molecule has 1 aliphatic carbocycles. The summed E-state index contributed by atoms with van der Waals surface area (Å²) < 4.78 is 0. The summed E-state index contributed by atoms with van der Waals surface area (Å²) >= 11 is 0. The zero-order valence-electron chi connectivity index (χ0n) is 10.1. The summed E-state index contributed by atoms with van der Waals surface area (Å²) in [4.78, 5) is 9.00. The first-order chi connectivity index (χ1) is 6.82. The van der Waals surface area contributed by atoms with Crippen LogP contribution in [0.1, 0.15) is 40.5 Å². The lowest BCUT2D eigenvalue weighted by molar-refractivity contribution is -0.134. The minimum Gasteiger partial charge on any atom is -0.481 e. The molecule has 0 radical (unpaired) electrons. The molecule has 2 N–H and O–H groups in total. The second-order valence-electron chi connectivity index (χ2n) is 4.57. The molecule has 15 heavy (non-hydrogen) atoms. The van der Waals surface area contributed by atoms with E-state index in [1.54, 1.807) is 0 Å². The van der Waals surface area contributed by atoms with Crippen LogP contribution in [0.2, 0.25) is 0 Å². The summed E-state index contributed by atoms with van der Waals surface area (Å²) in [5.74, 6) is -0.174. The first kappa shape index (κ1) is 14.2. The normalized spacial score (nSPS) is 22.7. The molecule has 0 fully saturated rings. The highest BCUT2D eigenvalue weighted by atomic mass is 16.4. The van der Waals surface area contributed by atoms with Gasteiger partial charge >= 0.3 is 0 Å². The maximum Gasteiger partial charge on any atom is 0.300 e. The van der Waals surface area contributed by atoms with Crippen molar-refractivity contribution in [1.82, 2.24) is 0 Å². The van der Waals surface area contributed by atoms with Gasteiger partial charge < -0.3 is 10.2 Å². The van der Waals surface area contributed by atoms with Crippen molar-refractivity contribution >= 4 is 5.97 Å². The van der Waals surface area contributed by atoms with Crippen LogP contribution < -0.4 is 0 Å². The fraction of sp³-hybridized carbons (Fsp3) is 0.750. The number of carbonyl (C=O) groups is 1. The van der Waals surface area contributed by atoms with Crippen molar-refractivity contribution in [3.8, 4) is 0 Å². The molecule has 0 aliphatic heterocycles. The van der Waals surface area contributed by atoms with E-state index in [2.05, 4.69) is 26.8 Å². The number of carboxylic acid groups (broad SMARTS) is 1. The summed E-state index contributed by atoms with van der Waals surface area (Å²) in [6.07, 6.45) is 4.40. The highest BCUT2D eigenvalue weighted by molar-refractivity contribution is 5.62. The smallest absolute Gasteiger partial charge is 0.300 e. The van der Waals surface area contributed by atoms with Crippen LogP contribution in [0, 0.1) is 11.3 Å². The molecule has 0 amide bonds. The third-order valence-corrected chi connectivity index (χ3v) is 3.22. The monoisotopic (exact) mass is 214 g/mol. The molecule has 0 saturated heterocycles. The minimum atomic E-state index is -0.833. The summed E-state index contributed by atoms with van der Waals surface area (Å²) in [6.45, 7) is 8.14. The molecule has 1 unspecified atom stereocenters. The van der Waals surface area contributed by atoms with E-state index in [1.807, 2.05) is 0 Å². The molecule has 0 spiro atoms. The average molecular weight is 214 g/mol. The number of carboxylic acids is 1. The number of allylic oxidation sites excluding steroid dienone is 2. The second kappa shape index (κ2) is 5.91. The van der Waals surface area contributed by atoms with Crippen LogP contribution in [0.5, 0.6) is 0 Å². The lowest BCUT2D eigenvalue weighted by Crippen LogP contribution is -2.21. The lowest BCUT2D eigenvalue weighted by atomic mass is 9.76. The molecular formula is C12H22O3. The maximum atomic E-state index is 9.00. The van der Waals surface area contributed by atoms with Gasteiger partial charge in [0.05, 0.1) is 0 Å². The van der Waals surface area contributed by atoms with Gasteiger partial charge in [-0.15, -0.1) is 0 Å². The molecule has 3 heteroatoms. The standard InChI is InChI=1S/C10H18O.C2H4O2/c1-8-4-5-9(6-7-11)10(8,2)3;1-2(3)4/h4,9,11H,5-7H2,1-3H3;1H3,(H,3,4). The van der Waals surface area contributed by atoms with E-state index >= 15 is 0 Å². The Balaban J connectivity index is 0.000000423. The zero-order chi connectivity index (χ0) is 12.1. The predicted molar refractivity (Wildman–Crippen MR) is 60.7 cm³/mol. The Morgan fingerprint density at radius 3 is 2.33 bits per heavy atom. The van der Waals surface area contributed by atoms with Crippen molar-refractivity contribution < 1.29 is 15.0 Å². The van der Waals surface area contributed by atoms with Crippen LogP contribution in [0.15, 0.2) is 11.6 Å². The van der Waals surface area contributed by atoms with E-state index in [-0.39, 0.29) is 0 Å². The quantitative estimate of drug-likeness (QED) is 0.694. The van der Waals surface area contributed by atoms with Gasteiger partial charge in [-0.3, -0.25) is 4.79 Å². The Bertz CT molecular complexity index is 237. The Morgan fingerprint density at radius 1 is 1.60 bits per heavy atom. The van der Waals surface area contributed by atoms with Gasteiger partial charge in [0.15, 0.2) is 0 Å². The molecule has 0 saturated carbocycles. The van der Waals surface area contributed by atoms with Crippen molar-refractivity contribution in [3.63, 3.8) is 0 Å². The Labute approximate surface area is 91.8 Å². The van der Waals surface area contributed by atoms with Gasteiger partial charge in [0.25, 0.3) is 5.97 Å². The third kappa shape index (κ3) is 4.47. The molecule has 88 valence electrons. The molecule has 0 aromatic heterocycles. The van der Waals surface area contributed by atoms with E-state index in [0.717, 1.165) is 19.8 Å². The molecular weight excluding hydrogens is 192 g/mol. The summed E-state index contributed by atoms with van der Waals surface area (Å²) in [7, 11) is 0. The second-order valence-corrected chi connectivity index (χ2v) is 4.57. The Hall–Kier alpha value is -0.830. The van der Waals surface area contributed by atoms with Crippen LogP contribution in [0.25, 0.3) is 0 Å². The van der Waals surface area contributed by atoms with E-state index in [0.29, 0.717) is 17.9 Å². The largest absolute Gasteiger partial charge is 0.481 e. The van der Waals surface area contributed by atoms with Crippen LogP contribution in [-0.2, 0) is 4.79 Å². The molecule has 0 bridgehead atoms. The van der Waals surface area contributed by atoms with E-state index in [1.165, 1.54) is 5.57 Å². The van der Waals surface area contributed by atoms with Crippen molar-refractivity contribution in [2.75, 3.05) is 6.61 Å². The van der Waals surface area contributed by atoms with Crippen LogP contribution in [0.4, 0.5) is 0 Å². The average Bonchev–Trinajstić information content (AvgIpc) is 2.31. The van der Waals surface area contributed by atoms with Crippen molar-refractivity contribution in [1.29, 1.82) is 0 Å². The number of aliphatic carboxylic acids is 1.